The molecule has 1 N–H and O–H groups in total. The van der Waals surface area contributed by atoms with Crippen LogP contribution in [0.1, 0.15) is 79.8 Å². The molecule has 2 fully saturated rings. The number of rotatable bonds is 17. The first kappa shape index (κ1) is 48.0. The fourth-order valence-electron chi connectivity index (χ4n) is 8.32. The summed E-state index contributed by atoms with van der Waals surface area (Å²) in [6.45, 7) is 17.9. The van der Waals surface area contributed by atoms with E-state index < -0.39 is 42.4 Å². The SMILES string of the molecule is CC[C@@H]([C@H](C)O)n1ncn(-c2ccc(N3CCN(c4ccc(OC[C@@H]5CO[C@@](Cn6c[n+](COP(=O)(OC(C)(C)C)OC(C)(C)C)cn6)(c6ccc(F)cc6F)C5)cc4)CC3)cc2)c1=O. The zero-order valence-corrected chi connectivity index (χ0v) is 39.4. The molecule has 5 aromatic rings. The lowest BCUT2D eigenvalue weighted by Gasteiger charge is -2.37. The summed E-state index contributed by atoms with van der Waals surface area (Å²) in [5.41, 5.74) is -0.0190. The maximum absolute atomic E-state index is 15.5. The van der Waals surface area contributed by atoms with E-state index in [2.05, 4.69) is 20.0 Å². The van der Waals surface area contributed by atoms with Crippen molar-refractivity contribution in [2.75, 3.05) is 49.2 Å². The van der Waals surface area contributed by atoms with E-state index in [4.69, 9.17) is 23.0 Å². The first-order valence-corrected chi connectivity index (χ1v) is 23.5. The molecule has 0 unspecified atom stereocenters. The number of halogens is 2. The van der Waals surface area contributed by atoms with Crippen LogP contribution in [0, 0.1) is 17.6 Å². The van der Waals surface area contributed by atoms with Crippen molar-refractivity contribution in [1.82, 2.24) is 24.1 Å². The third kappa shape index (κ3) is 11.9. The van der Waals surface area contributed by atoms with Crippen molar-refractivity contribution in [3.8, 4) is 11.4 Å². The van der Waals surface area contributed by atoms with Gasteiger partial charge in [0.2, 0.25) is 6.33 Å². The Kier molecular flexibility index (Phi) is 14.4. The molecule has 0 amide bonds. The zero-order chi connectivity index (χ0) is 46.7. The highest BCUT2D eigenvalue weighted by Gasteiger charge is 2.46. The van der Waals surface area contributed by atoms with Crippen molar-refractivity contribution < 1.29 is 46.1 Å². The van der Waals surface area contributed by atoms with Crippen LogP contribution in [0.15, 0.2) is 90.5 Å². The monoisotopic (exact) mass is 923 g/mol. The van der Waals surface area contributed by atoms with Crippen molar-refractivity contribution in [1.29, 1.82) is 0 Å². The Hall–Kier alpha value is -4.97. The van der Waals surface area contributed by atoms with Crippen molar-refractivity contribution in [2.45, 2.75) is 110 Å². The number of piperazine rings is 1. The molecule has 19 heteroatoms. The summed E-state index contributed by atoms with van der Waals surface area (Å²) in [5, 5.41) is 18.8. The van der Waals surface area contributed by atoms with Gasteiger partial charge in [0.25, 0.3) is 6.33 Å². The Morgan fingerprint density at radius 2 is 1.51 bits per heavy atom. The van der Waals surface area contributed by atoms with Gasteiger partial charge in [-0.05, 0) is 116 Å². The fraction of sp³-hybridized carbons (Fsp3) is 0.522. The third-order valence-electron chi connectivity index (χ3n) is 11.3. The number of benzene rings is 3. The number of aliphatic hydroxyl groups is 1. The van der Waals surface area contributed by atoms with E-state index in [1.54, 1.807) is 64.0 Å². The molecule has 0 saturated carbocycles. The second kappa shape index (κ2) is 19.5. The minimum atomic E-state index is -4.00. The third-order valence-corrected chi connectivity index (χ3v) is 13.2. The second-order valence-electron chi connectivity index (χ2n) is 18.8. The van der Waals surface area contributed by atoms with Crippen LogP contribution >= 0.6 is 7.82 Å². The maximum Gasteiger partial charge on any atom is 0.478 e. The molecule has 16 nitrogen and oxygen atoms in total. The van der Waals surface area contributed by atoms with Gasteiger partial charge in [0.1, 0.15) is 35.9 Å². The van der Waals surface area contributed by atoms with Crippen molar-refractivity contribution in [2.24, 2.45) is 5.92 Å². The molecule has 352 valence electrons. The Morgan fingerprint density at radius 1 is 0.908 bits per heavy atom. The van der Waals surface area contributed by atoms with Crippen LogP contribution in [0.25, 0.3) is 5.69 Å². The molecule has 2 aromatic heterocycles. The number of hydrogen-bond acceptors (Lipinski definition) is 12. The van der Waals surface area contributed by atoms with Crippen molar-refractivity contribution >= 4 is 19.2 Å². The van der Waals surface area contributed by atoms with Gasteiger partial charge in [-0.25, -0.2) is 32.0 Å². The summed E-state index contributed by atoms with van der Waals surface area (Å²) in [6.07, 6.45) is 4.88. The Balaban J connectivity index is 0.937. The van der Waals surface area contributed by atoms with Gasteiger partial charge in [0.05, 0.1) is 42.2 Å². The smallest absolute Gasteiger partial charge is 0.478 e. The molecule has 2 aliphatic rings. The minimum Gasteiger partial charge on any atom is -0.493 e. The van der Waals surface area contributed by atoms with Crippen molar-refractivity contribution in [3.63, 3.8) is 0 Å². The molecular formula is C46H62F2N8O8P+. The van der Waals surface area contributed by atoms with E-state index >= 15 is 4.39 Å². The van der Waals surface area contributed by atoms with Gasteiger partial charge >= 0.3 is 13.5 Å². The predicted molar refractivity (Wildman–Crippen MR) is 240 cm³/mol. The van der Waals surface area contributed by atoms with Gasteiger partial charge in [-0.2, -0.15) is 5.10 Å². The lowest BCUT2D eigenvalue weighted by Crippen LogP contribution is -2.46. The van der Waals surface area contributed by atoms with Crippen molar-refractivity contribution in [3.05, 3.63) is 113 Å². The topological polar surface area (TPSA) is 151 Å². The van der Waals surface area contributed by atoms with Gasteiger partial charge in [-0.1, -0.05) is 13.0 Å². The quantitative estimate of drug-likeness (QED) is 0.0744. The van der Waals surface area contributed by atoms with Gasteiger partial charge in [0, 0.05) is 60.2 Å². The van der Waals surface area contributed by atoms with E-state index in [0.717, 1.165) is 43.6 Å². The zero-order valence-electron chi connectivity index (χ0n) is 38.5. The lowest BCUT2D eigenvalue weighted by molar-refractivity contribution is -0.726. The highest BCUT2D eigenvalue weighted by Crippen LogP contribution is 2.55. The largest absolute Gasteiger partial charge is 0.493 e. The van der Waals surface area contributed by atoms with Crippen LogP contribution in [0.2, 0.25) is 0 Å². The lowest BCUT2D eigenvalue weighted by atomic mass is 9.87. The second-order valence-corrected chi connectivity index (χ2v) is 20.3. The molecule has 2 aliphatic heterocycles. The molecule has 65 heavy (non-hydrogen) atoms. The summed E-state index contributed by atoms with van der Waals surface area (Å²) in [7, 11) is -4.00. The number of nitrogens with zero attached hydrogens (tertiary/aromatic N) is 8. The van der Waals surface area contributed by atoms with Crippen LogP contribution in [-0.2, 0) is 41.7 Å². The van der Waals surface area contributed by atoms with Gasteiger partial charge in [-0.3, -0.25) is 13.6 Å². The van der Waals surface area contributed by atoms with Gasteiger partial charge < -0.3 is 24.4 Å². The molecule has 0 aliphatic carbocycles. The standard InChI is InChI=1S/C46H62F2N8O8P/c1-9-42(33(2)57)56-43(58)55(30-50-56)38-13-11-36(12-14-38)52-20-22-53(23-21-52)37-15-17-39(18-16-37)60-26-34-25-46(61-27-34,40-19-10-35(47)24-41(40)48)28-54-31-51(29-49-54)32-62-65(59,63-44(3,4)5)64-45(6,7)8/h10-19,24,29-31,33-34,42,57H,9,20-23,25-28,32H2,1-8H3/q+1/t33-,34+,42-,46-/m0/s1. The average molecular weight is 924 g/mol. The molecule has 4 atom stereocenters. The molecule has 0 spiro atoms. The van der Waals surface area contributed by atoms with E-state index in [0.29, 0.717) is 30.9 Å². The number of aromatic nitrogens is 6. The number of phosphoric acid groups is 1. The van der Waals surface area contributed by atoms with E-state index in [-0.39, 0.29) is 43.1 Å². The number of anilines is 2. The Labute approximate surface area is 378 Å². The van der Waals surface area contributed by atoms with Crippen LogP contribution in [0.4, 0.5) is 20.2 Å². The molecule has 0 radical (unpaired) electrons. The normalized spacial score (nSPS) is 19.5. The minimum absolute atomic E-state index is 0.0970. The Morgan fingerprint density at radius 3 is 2.08 bits per heavy atom. The molecule has 2 saturated heterocycles. The molecule has 0 bridgehead atoms. The van der Waals surface area contributed by atoms with E-state index in [1.807, 2.05) is 55.5 Å². The highest BCUT2D eigenvalue weighted by molar-refractivity contribution is 7.48. The highest BCUT2D eigenvalue weighted by atomic mass is 31.2. The summed E-state index contributed by atoms with van der Waals surface area (Å²) in [6, 6.07) is 18.9. The van der Waals surface area contributed by atoms with Crippen LogP contribution in [-0.4, -0.2) is 85.9 Å². The van der Waals surface area contributed by atoms with Crippen LogP contribution in [0.3, 0.4) is 0 Å². The number of phosphoric ester groups is 1. The summed E-state index contributed by atoms with van der Waals surface area (Å²) >= 11 is 0. The Bertz CT molecular complexity index is 2460. The molecule has 3 aromatic carbocycles. The summed E-state index contributed by atoms with van der Waals surface area (Å²) < 4.78 is 79.0. The number of ether oxygens (including phenoxy) is 2. The first-order valence-electron chi connectivity index (χ1n) is 22.1. The van der Waals surface area contributed by atoms with E-state index in [9.17, 15) is 18.9 Å². The summed E-state index contributed by atoms with van der Waals surface area (Å²) in [4.78, 5) is 17.7. The van der Waals surface area contributed by atoms with E-state index in [1.165, 1.54) is 34.0 Å². The molecule has 7 rings (SSSR count). The first-order chi connectivity index (χ1) is 30.7. The predicted octanol–water partition coefficient (Wildman–Crippen LogP) is 7.18. The number of hydrogen-bond donors (Lipinski definition) is 1. The van der Waals surface area contributed by atoms with Gasteiger partial charge in [-0.15, -0.1) is 4.68 Å². The van der Waals surface area contributed by atoms with Gasteiger partial charge in [0.15, 0.2) is 6.73 Å². The maximum atomic E-state index is 15.5. The van der Waals surface area contributed by atoms with Crippen LogP contribution in [0.5, 0.6) is 5.75 Å². The van der Waals surface area contributed by atoms with Crippen LogP contribution < -0.4 is 24.8 Å². The fourth-order valence-corrected chi connectivity index (χ4v) is 10.1. The summed E-state index contributed by atoms with van der Waals surface area (Å²) in [5.74, 6) is -0.842. The molecular weight excluding hydrogens is 862 g/mol. The molecule has 4 heterocycles. The average Bonchev–Trinajstić information content (AvgIpc) is 3.97. The number of aliphatic hydroxyl groups excluding tert-OH is 1.